The molecule has 3 aliphatic heterocycles. The Hall–Kier alpha value is -1.02. The molecular formula is C14H15ClN2. The molecule has 0 aromatic heterocycles. The number of benzene rings is 1. The van der Waals surface area contributed by atoms with Crippen molar-refractivity contribution in [3.8, 4) is 0 Å². The zero-order chi connectivity index (χ0) is 11.4. The summed E-state index contributed by atoms with van der Waals surface area (Å²) < 4.78 is 0. The number of rotatable bonds is 0. The Balaban J connectivity index is 1.59. The third kappa shape index (κ3) is 1.58. The van der Waals surface area contributed by atoms with E-state index < -0.39 is 0 Å². The summed E-state index contributed by atoms with van der Waals surface area (Å²) in [5.74, 6) is 3.13. The van der Waals surface area contributed by atoms with Crippen molar-refractivity contribution in [2.24, 2.45) is 16.8 Å². The molecular weight excluding hydrogens is 232 g/mol. The molecule has 0 spiro atoms. The van der Waals surface area contributed by atoms with Crippen LogP contribution in [0.4, 0.5) is 5.69 Å². The van der Waals surface area contributed by atoms with Gasteiger partial charge in [-0.05, 0) is 42.4 Å². The summed E-state index contributed by atoms with van der Waals surface area (Å²) in [6, 6.07) is 6.06. The zero-order valence-corrected chi connectivity index (χ0v) is 10.5. The highest BCUT2D eigenvalue weighted by molar-refractivity contribution is 6.30. The van der Waals surface area contributed by atoms with Gasteiger partial charge in [0, 0.05) is 24.5 Å². The maximum absolute atomic E-state index is 6.00. The smallest absolute Gasteiger partial charge is 0.109 e. The summed E-state index contributed by atoms with van der Waals surface area (Å²) in [5.41, 5.74) is 2.40. The lowest BCUT2D eigenvalue weighted by Gasteiger charge is -2.48. The Morgan fingerprint density at radius 2 is 1.94 bits per heavy atom. The largest absolute Gasteiger partial charge is 0.359 e. The van der Waals surface area contributed by atoms with Crippen molar-refractivity contribution in [3.63, 3.8) is 0 Å². The average Bonchev–Trinajstić information content (AvgIpc) is 2.71. The number of aliphatic imine (C=N–C) groups is 1. The molecule has 2 bridgehead atoms. The first-order valence-corrected chi connectivity index (χ1v) is 6.76. The molecule has 1 aliphatic carbocycles. The van der Waals surface area contributed by atoms with E-state index >= 15 is 0 Å². The van der Waals surface area contributed by atoms with E-state index in [0.717, 1.165) is 29.0 Å². The number of halogens is 1. The molecule has 0 N–H and O–H groups in total. The minimum atomic E-state index is 0.787. The predicted octanol–water partition coefficient (Wildman–Crippen LogP) is 3.27. The maximum Gasteiger partial charge on any atom is 0.109 e. The van der Waals surface area contributed by atoms with Gasteiger partial charge in [-0.3, -0.25) is 0 Å². The second-order valence-electron chi connectivity index (χ2n) is 5.59. The number of amidine groups is 1. The van der Waals surface area contributed by atoms with Gasteiger partial charge < -0.3 is 4.90 Å². The lowest BCUT2D eigenvalue weighted by atomic mass is 9.71. The van der Waals surface area contributed by atoms with Gasteiger partial charge in [0.2, 0.25) is 0 Å². The van der Waals surface area contributed by atoms with Gasteiger partial charge in [-0.15, -0.1) is 0 Å². The summed E-state index contributed by atoms with van der Waals surface area (Å²) in [6.07, 6.45) is 3.89. The normalized spacial score (nSPS) is 29.7. The Morgan fingerprint density at radius 3 is 2.71 bits per heavy atom. The van der Waals surface area contributed by atoms with Crippen LogP contribution in [0, 0.1) is 11.8 Å². The maximum atomic E-state index is 6.00. The molecule has 0 radical (unpaired) electrons. The molecule has 0 atom stereocenters. The van der Waals surface area contributed by atoms with Gasteiger partial charge in [-0.2, -0.15) is 0 Å². The van der Waals surface area contributed by atoms with Crippen LogP contribution in [-0.4, -0.2) is 23.8 Å². The van der Waals surface area contributed by atoms with Crippen LogP contribution in [0.15, 0.2) is 23.2 Å². The van der Waals surface area contributed by atoms with Gasteiger partial charge >= 0.3 is 0 Å². The van der Waals surface area contributed by atoms with Crippen molar-refractivity contribution < 1.29 is 0 Å². The molecule has 0 amide bonds. The van der Waals surface area contributed by atoms with Crippen LogP contribution >= 0.6 is 11.6 Å². The Kier molecular flexibility index (Phi) is 2.04. The summed E-state index contributed by atoms with van der Waals surface area (Å²) in [5, 5.41) is 0.787. The molecule has 3 heterocycles. The number of fused-ring (bicyclic) bond motifs is 3. The van der Waals surface area contributed by atoms with E-state index in [4.69, 9.17) is 16.6 Å². The van der Waals surface area contributed by atoms with Crippen LogP contribution in [-0.2, 0) is 6.42 Å². The summed E-state index contributed by atoms with van der Waals surface area (Å²) in [7, 11) is 0. The van der Waals surface area contributed by atoms with E-state index in [-0.39, 0.29) is 0 Å². The van der Waals surface area contributed by atoms with Crippen LogP contribution in [0.25, 0.3) is 0 Å². The van der Waals surface area contributed by atoms with Crippen LogP contribution in [0.1, 0.15) is 18.4 Å². The molecule has 3 fully saturated rings. The average molecular weight is 247 g/mol. The monoisotopic (exact) mass is 246 g/mol. The van der Waals surface area contributed by atoms with Gasteiger partial charge in [0.15, 0.2) is 0 Å². The Bertz CT molecular complexity index is 493. The molecule has 2 nitrogen and oxygen atoms in total. The fourth-order valence-electron chi connectivity index (χ4n) is 3.40. The van der Waals surface area contributed by atoms with Crippen LogP contribution in [0.3, 0.4) is 0 Å². The van der Waals surface area contributed by atoms with E-state index in [1.807, 2.05) is 12.1 Å². The first-order chi connectivity index (χ1) is 8.28. The van der Waals surface area contributed by atoms with Crippen molar-refractivity contribution in [3.05, 3.63) is 28.8 Å². The van der Waals surface area contributed by atoms with Gasteiger partial charge in [-0.25, -0.2) is 4.99 Å². The topological polar surface area (TPSA) is 15.6 Å². The number of nitrogens with zero attached hydrogens (tertiary/aromatic N) is 2. The number of hydrogen-bond donors (Lipinski definition) is 0. The van der Waals surface area contributed by atoms with Crippen LogP contribution in [0.5, 0.6) is 0 Å². The van der Waals surface area contributed by atoms with E-state index in [0.29, 0.717) is 0 Å². The minimum absolute atomic E-state index is 0.787. The highest BCUT2D eigenvalue weighted by atomic mass is 35.5. The highest BCUT2D eigenvalue weighted by Crippen LogP contribution is 2.41. The van der Waals surface area contributed by atoms with Crippen molar-refractivity contribution in [2.45, 2.75) is 19.3 Å². The van der Waals surface area contributed by atoms with Gasteiger partial charge in [-0.1, -0.05) is 17.7 Å². The Labute approximate surface area is 106 Å². The SMILES string of the molecule is Clc1ccc2c(c1)N=C(N1CC3CC(C3)C1)C2. The molecule has 4 aliphatic rings. The molecule has 1 aromatic carbocycles. The van der Waals surface area contributed by atoms with E-state index in [1.165, 1.54) is 37.3 Å². The zero-order valence-electron chi connectivity index (χ0n) is 9.69. The van der Waals surface area contributed by atoms with Gasteiger partial charge in [0.25, 0.3) is 0 Å². The first kappa shape index (κ1) is 9.95. The summed E-state index contributed by atoms with van der Waals surface area (Å²) in [4.78, 5) is 7.25. The third-order valence-corrected chi connectivity index (χ3v) is 4.54. The molecule has 17 heavy (non-hydrogen) atoms. The molecule has 2 saturated heterocycles. The van der Waals surface area contributed by atoms with E-state index in [1.54, 1.807) is 0 Å². The fourth-order valence-corrected chi connectivity index (χ4v) is 3.57. The lowest BCUT2D eigenvalue weighted by Crippen LogP contribution is -2.50. The molecule has 1 saturated carbocycles. The molecule has 88 valence electrons. The van der Waals surface area contributed by atoms with Gasteiger partial charge in [0.1, 0.15) is 5.84 Å². The van der Waals surface area contributed by atoms with E-state index in [2.05, 4.69) is 11.0 Å². The summed E-state index contributed by atoms with van der Waals surface area (Å²) in [6.45, 7) is 2.44. The van der Waals surface area contributed by atoms with Crippen molar-refractivity contribution in [2.75, 3.05) is 13.1 Å². The third-order valence-electron chi connectivity index (χ3n) is 4.30. The standard InChI is InChI=1S/C14H15ClN2/c15-12-2-1-11-5-14(16-13(11)6-12)17-7-9-3-10(4-9)8-17/h1-2,6,9-10H,3-5,7-8H2. The Morgan fingerprint density at radius 1 is 1.18 bits per heavy atom. The quantitative estimate of drug-likeness (QED) is 0.686. The number of piperidine rings is 2. The summed E-state index contributed by atoms with van der Waals surface area (Å²) >= 11 is 6.00. The van der Waals surface area contributed by atoms with Crippen LogP contribution in [0.2, 0.25) is 5.02 Å². The fraction of sp³-hybridized carbons (Fsp3) is 0.500. The van der Waals surface area contributed by atoms with Crippen LogP contribution < -0.4 is 0 Å². The second kappa shape index (κ2) is 3.49. The predicted molar refractivity (Wildman–Crippen MR) is 70.0 cm³/mol. The minimum Gasteiger partial charge on any atom is -0.359 e. The first-order valence-electron chi connectivity index (χ1n) is 6.39. The molecule has 3 heteroatoms. The van der Waals surface area contributed by atoms with Crippen molar-refractivity contribution in [1.82, 2.24) is 4.90 Å². The second-order valence-corrected chi connectivity index (χ2v) is 6.02. The molecule has 0 unspecified atom stereocenters. The lowest BCUT2D eigenvalue weighted by molar-refractivity contribution is 0.0690. The van der Waals surface area contributed by atoms with Crippen molar-refractivity contribution >= 4 is 23.1 Å². The van der Waals surface area contributed by atoms with Crippen molar-refractivity contribution in [1.29, 1.82) is 0 Å². The van der Waals surface area contributed by atoms with E-state index in [9.17, 15) is 0 Å². The molecule has 5 rings (SSSR count). The molecule has 1 aromatic rings. The number of hydrogen-bond acceptors (Lipinski definition) is 2. The highest BCUT2D eigenvalue weighted by Gasteiger charge is 2.38. The van der Waals surface area contributed by atoms with Gasteiger partial charge in [0.05, 0.1) is 5.69 Å².